The Kier molecular flexibility index (Phi) is 3.79. The molecule has 0 amide bonds. The molecule has 1 aromatic rings. The molecular weight excluding hydrogens is 198 g/mol. The standard InChI is InChI=1S/C11H12ClNO/c1-8-6-11(14-2)9(4-3-5-13)7-10(8)12/h6-7H,3-4H2,1-2H3. The van der Waals surface area contributed by atoms with Gasteiger partial charge in [0.05, 0.1) is 13.2 Å². The number of nitriles is 1. The smallest absolute Gasteiger partial charge is 0.122 e. The fraction of sp³-hybridized carbons (Fsp3) is 0.364. The molecule has 0 N–H and O–H groups in total. The highest BCUT2D eigenvalue weighted by molar-refractivity contribution is 6.31. The van der Waals surface area contributed by atoms with Crippen LogP contribution in [0.25, 0.3) is 0 Å². The van der Waals surface area contributed by atoms with Crippen molar-refractivity contribution in [1.29, 1.82) is 5.26 Å². The molecule has 3 heteroatoms. The Balaban J connectivity index is 3.02. The van der Waals surface area contributed by atoms with Crippen LogP contribution in [0.4, 0.5) is 0 Å². The SMILES string of the molecule is COc1cc(C)c(Cl)cc1CCC#N. The normalized spacial score (nSPS) is 9.57. The Bertz CT molecular complexity index is 368. The summed E-state index contributed by atoms with van der Waals surface area (Å²) in [7, 11) is 1.62. The summed E-state index contributed by atoms with van der Waals surface area (Å²) >= 11 is 5.98. The van der Waals surface area contributed by atoms with E-state index in [9.17, 15) is 0 Å². The summed E-state index contributed by atoms with van der Waals surface area (Å²) in [5.41, 5.74) is 1.98. The predicted molar refractivity (Wildman–Crippen MR) is 56.7 cm³/mol. The van der Waals surface area contributed by atoms with Crippen LogP contribution in [-0.2, 0) is 6.42 Å². The van der Waals surface area contributed by atoms with Crippen molar-refractivity contribution in [3.05, 3.63) is 28.3 Å². The van der Waals surface area contributed by atoms with Gasteiger partial charge in [0.15, 0.2) is 0 Å². The zero-order valence-corrected chi connectivity index (χ0v) is 9.06. The number of ether oxygens (including phenoxy) is 1. The van der Waals surface area contributed by atoms with Gasteiger partial charge in [-0.3, -0.25) is 0 Å². The molecule has 0 bridgehead atoms. The Morgan fingerprint density at radius 1 is 1.50 bits per heavy atom. The highest BCUT2D eigenvalue weighted by atomic mass is 35.5. The minimum atomic E-state index is 0.482. The van der Waals surface area contributed by atoms with Gasteiger partial charge in [-0.1, -0.05) is 11.6 Å². The summed E-state index contributed by atoms with van der Waals surface area (Å²) in [6.07, 6.45) is 1.16. The van der Waals surface area contributed by atoms with Gasteiger partial charge in [0.2, 0.25) is 0 Å². The van der Waals surface area contributed by atoms with Gasteiger partial charge < -0.3 is 4.74 Å². The average Bonchev–Trinajstić information content (AvgIpc) is 2.19. The van der Waals surface area contributed by atoms with E-state index in [0.29, 0.717) is 12.8 Å². The zero-order chi connectivity index (χ0) is 10.6. The van der Waals surface area contributed by atoms with Crippen molar-refractivity contribution in [2.24, 2.45) is 0 Å². The molecule has 1 aromatic carbocycles. The first-order valence-corrected chi connectivity index (χ1v) is 4.76. The maximum Gasteiger partial charge on any atom is 0.122 e. The van der Waals surface area contributed by atoms with Gasteiger partial charge in [-0.2, -0.15) is 5.26 Å². The van der Waals surface area contributed by atoms with Crippen molar-refractivity contribution in [3.8, 4) is 11.8 Å². The van der Waals surface area contributed by atoms with Crippen LogP contribution in [0.15, 0.2) is 12.1 Å². The Morgan fingerprint density at radius 2 is 2.21 bits per heavy atom. The topological polar surface area (TPSA) is 33.0 Å². The second-order valence-corrected chi connectivity index (χ2v) is 3.48. The lowest BCUT2D eigenvalue weighted by molar-refractivity contribution is 0.409. The molecule has 0 saturated heterocycles. The van der Waals surface area contributed by atoms with Crippen LogP contribution in [0, 0.1) is 18.3 Å². The molecule has 14 heavy (non-hydrogen) atoms. The third-order valence-electron chi connectivity index (χ3n) is 2.07. The Labute approximate surface area is 89.1 Å². The van der Waals surface area contributed by atoms with Gasteiger partial charge in [-0.15, -0.1) is 0 Å². The number of nitrogens with zero attached hydrogens (tertiary/aromatic N) is 1. The summed E-state index contributed by atoms with van der Waals surface area (Å²) in [6, 6.07) is 5.87. The Hall–Kier alpha value is -1.20. The maximum absolute atomic E-state index is 8.49. The van der Waals surface area contributed by atoms with Gasteiger partial charge in [0, 0.05) is 11.4 Å². The van der Waals surface area contributed by atoms with Crippen molar-refractivity contribution in [2.45, 2.75) is 19.8 Å². The van der Waals surface area contributed by atoms with Crippen LogP contribution in [0.2, 0.25) is 5.02 Å². The average molecular weight is 210 g/mol. The van der Waals surface area contributed by atoms with E-state index < -0.39 is 0 Å². The highest BCUT2D eigenvalue weighted by Crippen LogP contribution is 2.27. The number of hydrogen-bond donors (Lipinski definition) is 0. The number of benzene rings is 1. The number of rotatable bonds is 3. The van der Waals surface area contributed by atoms with Gasteiger partial charge in [0.1, 0.15) is 5.75 Å². The lowest BCUT2D eigenvalue weighted by atomic mass is 10.1. The molecule has 0 fully saturated rings. The lowest BCUT2D eigenvalue weighted by Crippen LogP contribution is -1.93. The molecule has 0 atom stereocenters. The van der Waals surface area contributed by atoms with Crippen LogP contribution in [-0.4, -0.2) is 7.11 Å². The molecule has 0 aliphatic rings. The maximum atomic E-state index is 8.49. The van der Waals surface area contributed by atoms with E-state index in [1.807, 2.05) is 19.1 Å². The number of aryl methyl sites for hydroxylation is 2. The number of methoxy groups -OCH3 is 1. The van der Waals surface area contributed by atoms with E-state index in [-0.39, 0.29) is 0 Å². The highest BCUT2D eigenvalue weighted by Gasteiger charge is 2.06. The summed E-state index contributed by atoms with van der Waals surface area (Å²) in [5.74, 6) is 0.808. The minimum absolute atomic E-state index is 0.482. The van der Waals surface area contributed by atoms with E-state index in [0.717, 1.165) is 21.9 Å². The molecule has 0 aromatic heterocycles. The first-order valence-electron chi connectivity index (χ1n) is 4.39. The van der Waals surface area contributed by atoms with Crippen LogP contribution in [0.1, 0.15) is 17.5 Å². The molecule has 0 aliphatic carbocycles. The van der Waals surface area contributed by atoms with Gasteiger partial charge >= 0.3 is 0 Å². The monoisotopic (exact) mass is 209 g/mol. The first kappa shape index (κ1) is 10.9. The lowest BCUT2D eigenvalue weighted by Gasteiger charge is -2.09. The summed E-state index contributed by atoms with van der Waals surface area (Å²) in [5, 5.41) is 9.21. The molecule has 2 nitrogen and oxygen atoms in total. The van der Waals surface area contributed by atoms with E-state index in [1.54, 1.807) is 7.11 Å². The quantitative estimate of drug-likeness (QED) is 0.767. The second kappa shape index (κ2) is 4.88. The van der Waals surface area contributed by atoms with Crippen molar-refractivity contribution in [2.75, 3.05) is 7.11 Å². The fourth-order valence-corrected chi connectivity index (χ4v) is 1.46. The van der Waals surface area contributed by atoms with Crippen molar-refractivity contribution < 1.29 is 4.74 Å². The zero-order valence-electron chi connectivity index (χ0n) is 8.30. The molecule has 0 unspecified atom stereocenters. The number of hydrogen-bond acceptors (Lipinski definition) is 2. The van der Waals surface area contributed by atoms with Crippen LogP contribution in [0.5, 0.6) is 5.75 Å². The molecule has 0 heterocycles. The van der Waals surface area contributed by atoms with E-state index in [2.05, 4.69) is 6.07 Å². The first-order chi connectivity index (χ1) is 6.69. The molecule has 1 rings (SSSR count). The van der Waals surface area contributed by atoms with Crippen LogP contribution in [0.3, 0.4) is 0 Å². The molecule has 0 aliphatic heterocycles. The molecule has 0 spiro atoms. The largest absolute Gasteiger partial charge is 0.496 e. The molecule has 0 saturated carbocycles. The fourth-order valence-electron chi connectivity index (χ4n) is 1.27. The summed E-state index contributed by atoms with van der Waals surface area (Å²) in [6.45, 7) is 1.93. The molecule has 74 valence electrons. The van der Waals surface area contributed by atoms with Gasteiger partial charge in [-0.25, -0.2) is 0 Å². The van der Waals surface area contributed by atoms with Crippen LogP contribution >= 0.6 is 11.6 Å². The third-order valence-corrected chi connectivity index (χ3v) is 2.48. The van der Waals surface area contributed by atoms with Crippen molar-refractivity contribution in [1.82, 2.24) is 0 Å². The van der Waals surface area contributed by atoms with Crippen LogP contribution < -0.4 is 4.74 Å². The van der Waals surface area contributed by atoms with E-state index in [1.165, 1.54) is 0 Å². The second-order valence-electron chi connectivity index (χ2n) is 3.07. The summed E-state index contributed by atoms with van der Waals surface area (Å²) < 4.78 is 5.21. The molecule has 0 radical (unpaired) electrons. The Morgan fingerprint density at radius 3 is 2.79 bits per heavy atom. The summed E-state index contributed by atoms with van der Waals surface area (Å²) in [4.78, 5) is 0. The van der Waals surface area contributed by atoms with Gasteiger partial charge in [0.25, 0.3) is 0 Å². The van der Waals surface area contributed by atoms with Crippen molar-refractivity contribution in [3.63, 3.8) is 0 Å². The van der Waals surface area contributed by atoms with E-state index >= 15 is 0 Å². The van der Waals surface area contributed by atoms with E-state index in [4.69, 9.17) is 21.6 Å². The molecular formula is C11H12ClNO. The van der Waals surface area contributed by atoms with Crippen molar-refractivity contribution >= 4 is 11.6 Å². The predicted octanol–water partition coefficient (Wildman–Crippen LogP) is 3.11. The third kappa shape index (κ3) is 2.40. The van der Waals surface area contributed by atoms with Gasteiger partial charge in [-0.05, 0) is 36.6 Å². The number of halogens is 1. The minimum Gasteiger partial charge on any atom is -0.496 e.